The molecule has 0 aliphatic carbocycles. The van der Waals surface area contributed by atoms with Gasteiger partial charge in [-0.1, -0.05) is 115 Å². The summed E-state index contributed by atoms with van der Waals surface area (Å²) in [5.74, 6) is 1.07. The molecule has 236 valence electrons. The molecule has 0 N–H and O–H groups in total. The lowest BCUT2D eigenvalue weighted by molar-refractivity contribution is 1.05. The number of hydrogen-bond donors (Lipinski definition) is 0. The Morgan fingerprint density at radius 2 is 0.882 bits per heavy atom. The van der Waals surface area contributed by atoms with Crippen LogP contribution in [0.15, 0.2) is 164 Å². The Morgan fingerprint density at radius 3 is 1.71 bits per heavy atom. The highest BCUT2D eigenvalue weighted by Gasteiger charge is 2.20. The fraction of sp³-hybridized carbons (Fsp3) is 0. The average molecular weight is 650 g/mol. The van der Waals surface area contributed by atoms with Gasteiger partial charge >= 0.3 is 0 Å². The zero-order valence-corrected chi connectivity index (χ0v) is 27.3. The van der Waals surface area contributed by atoms with Gasteiger partial charge in [-0.05, 0) is 70.4 Å². The second kappa shape index (κ2) is 9.80. The van der Waals surface area contributed by atoms with Crippen molar-refractivity contribution in [1.82, 2.24) is 23.3 Å². The Labute approximate surface area is 290 Å². The van der Waals surface area contributed by atoms with E-state index in [1.54, 1.807) is 0 Å². The molecule has 0 atom stereocenters. The second-order valence-electron chi connectivity index (χ2n) is 13.5. The standard InChI is InChI=1S/C46H27N5/c1-2-12-31-30(11-1)27-44(51-41-20-10-7-17-37(41)47-45(31)51)49-39-18-8-6-15-34(39)35-23-21-28(25-42(35)49)29-22-24-38-43(26-29)50-40-19-9-5-14-33(40)32-13-3-4-16-36(32)46(50)48-38/h1-27H. The molecule has 0 bridgehead atoms. The Kier molecular flexibility index (Phi) is 5.17. The minimum atomic E-state index is 0.962. The largest absolute Gasteiger partial charge is 0.295 e. The first-order valence-electron chi connectivity index (χ1n) is 17.3. The molecule has 51 heavy (non-hydrogen) atoms. The molecule has 0 amide bonds. The van der Waals surface area contributed by atoms with E-state index in [4.69, 9.17) is 9.97 Å². The summed E-state index contributed by atoms with van der Waals surface area (Å²) >= 11 is 0. The van der Waals surface area contributed by atoms with Gasteiger partial charge in [0, 0.05) is 26.9 Å². The van der Waals surface area contributed by atoms with Crippen LogP contribution in [0, 0.1) is 0 Å². The fourth-order valence-corrected chi connectivity index (χ4v) is 8.52. The normalized spacial score (nSPS) is 12.3. The third-order valence-electron chi connectivity index (χ3n) is 10.8. The van der Waals surface area contributed by atoms with Crippen LogP contribution in [0.4, 0.5) is 0 Å². The minimum absolute atomic E-state index is 0.962. The molecule has 5 aromatic heterocycles. The maximum Gasteiger partial charge on any atom is 0.147 e. The van der Waals surface area contributed by atoms with Gasteiger partial charge in [-0.25, -0.2) is 9.97 Å². The third kappa shape index (κ3) is 3.59. The van der Waals surface area contributed by atoms with Gasteiger partial charge in [0.05, 0.1) is 38.6 Å². The van der Waals surface area contributed by atoms with E-state index < -0.39 is 0 Å². The first-order valence-corrected chi connectivity index (χ1v) is 17.3. The fourth-order valence-electron chi connectivity index (χ4n) is 8.52. The zero-order valence-electron chi connectivity index (χ0n) is 27.3. The number of rotatable bonds is 2. The van der Waals surface area contributed by atoms with E-state index >= 15 is 0 Å². The second-order valence-corrected chi connectivity index (χ2v) is 13.5. The predicted molar refractivity (Wildman–Crippen MR) is 211 cm³/mol. The van der Waals surface area contributed by atoms with Gasteiger partial charge in [0.1, 0.15) is 17.1 Å². The summed E-state index contributed by atoms with van der Waals surface area (Å²) in [5.41, 5.74) is 11.9. The summed E-state index contributed by atoms with van der Waals surface area (Å²) in [4.78, 5) is 10.4. The highest BCUT2D eigenvalue weighted by atomic mass is 15.2. The van der Waals surface area contributed by atoms with Crippen LogP contribution in [0.5, 0.6) is 0 Å². The van der Waals surface area contributed by atoms with Crippen LogP contribution in [0.3, 0.4) is 0 Å². The Balaban J connectivity index is 1.17. The monoisotopic (exact) mass is 649 g/mol. The van der Waals surface area contributed by atoms with Gasteiger partial charge in [-0.3, -0.25) is 13.4 Å². The summed E-state index contributed by atoms with van der Waals surface area (Å²) in [6.45, 7) is 0. The summed E-state index contributed by atoms with van der Waals surface area (Å²) in [5, 5.41) is 8.35. The van der Waals surface area contributed by atoms with Crippen molar-refractivity contribution in [2.45, 2.75) is 0 Å². The molecule has 12 rings (SSSR count). The number of imidazole rings is 2. The highest BCUT2D eigenvalue weighted by molar-refractivity contribution is 6.14. The molecule has 0 radical (unpaired) electrons. The van der Waals surface area contributed by atoms with E-state index in [1.807, 2.05) is 0 Å². The molecule has 0 unspecified atom stereocenters. The Morgan fingerprint density at radius 1 is 0.333 bits per heavy atom. The topological polar surface area (TPSA) is 39.5 Å². The van der Waals surface area contributed by atoms with Crippen LogP contribution in [-0.4, -0.2) is 23.3 Å². The van der Waals surface area contributed by atoms with E-state index in [9.17, 15) is 0 Å². The molecule has 0 aliphatic heterocycles. The number of para-hydroxylation sites is 4. The lowest BCUT2D eigenvalue weighted by atomic mass is 10.0. The van der Waals surface area contributed by atoms with Gasteiger partial charge in [0.2, 0.25) is 0 Å². The van der Waals surface area contributed by atoms with Gasteiger partial charge in [0.15, 0.2) is 0 Å². The maximum atomic E-state index is 5.18. The molecule has 0 saturated carbocycles. The summed E-state index contributed by atoms with van der Waals surface area (Å²) < 4.78 is 7.09. The van der Waals surface area contributed by atoms with Gasteiger partial charge in [0.25, 0.3) is 0 Å². The molecule has 5 nitrogen and oxygen atoms in total. The molecule has 5 heteroatoms. The van der Waals surface area contributed by atoms with Crippen LogP contribution in [-0.2, 0) is 0 Å². The number of fused-ring (bicyclic) bond motifs is 16. The Bertz CT molecular complexity index is 3430. The molecule has 0 aliphatic rings. The van der Waals surface area contributed by atoms with Crippen LogP contribution in [0.2, 0.25) is 0 Å². The van der Waals surface area contributed by atoms with E-state index in [1.165, 1.54) is 21.5 Å². The highest BCUT2D eigenvalue weighted by Crippen LogP contribution is 2.39. The summed E-state index contributed by atoms with van der Waals surface area (Å²) in [6.07, 6.45) is 0. The average Bonchev–Trinajstić information content (AvgIpc) is 3.88. The van der Waals surface area contributed by atoms with E-state index in [2.05, 4.69) is 177 Å². The smallest absolute Gasteiger partial charge is 0.147 e. The number of aromatic nitrogens is 5. The van der Waals surface area contributed by atoms with Crippen LogP contribution in [0.25, 0.3) is 105 Å². The van der Waals surface area contributed by atoms with Crippen molar-refractivity contribution in [1.29, 1.82) is 0 Å². The molecule has 12 aromatic rings. The van der Waals surface area contributed by atoms with Gasteiger partial charge in [-0.15, -0.1) is 0 Å². The first-order chi connectivity index (χ1) is 25.3. The van der Waals surface area contributed by atoms with E-state index in [-0.39, 0.29) is 0 Å². The molecule has 5 heterocycles. The molecule has 0 saturated heterocycles. The van der Waals surface area contributed by atoms with Crippen LogP contribution < -0.4 is 0 Å². The maximum absolute atomic E-state index is 5.18. The molecule has 0 spiro atoms. The number of pyridine rings is 2. The van der Waals surface area contributed by atoms with Gasteiger partial charge in [-0.2, -0.15) is 0 Å². The first kappa shape index (κ1) is 26.9. The lowest BCUT2D eigenvalue weighted by Crippen LogP contribution is -2.03. The molecule has 7 aromatic carbocycles. The van der Waals surface area contributed by atoms with Crippen LogP contribution >= 0.6 is 0 Å². The van der Waals surface area contributed by atoms with Crippen LogP contribution in [0.1, 0.15) is 0 Å². The quantitative estimate of drug-likeness (QED) is 0.175. The number of benzene rings is 7. The predicted octanol–water partition coefficient (Wildman–Crippen LogP) is 11.5. The molecule has 0 fully saturated rings. The van der Waals surface area contributed by atoms with E-state index in [0.29, 0.717) is 0 Å². The number of hydrogen-bond acceptors (Lipinski definition) is 2. The van der Waals surface area contributed by atoms with E-state index in [0.717, 1.165) is 83.0 Å². The molecular weight excluding hydrogens is 623 g/mol. The van der Waals surface area contributed by atoms with Crippen molar-refractivity contribution in [2.75, 3.05) is 0 Å². The minimum Gasteiger partial charge on any atom is -0.295 e. The van der Waals surface area contributed by atoms with Crippen molar-refractivity contribution >= 4 is 87.6 Å². The van der Waals surface area contributed by atoms with Gasteiger partial charge < -0.3 is 0 Å². The van der Waals surface area contributed by atoms with Crippen molar-refractivity contribution in [3.63, 3.8) is 0 Å². The van der Waals surface area contributed by atoms with Crippen molar-refractivity contribution in [3.05, 3.63) is 164 Å². The number of nitrogens with zero attached hydrogens (tertiary/aromatic N) is 5. The Hall–Kier alpha value is -6.98. The summed E-state index contributed by atoms with van der Waals surface area (Å²) in [7, 11) is 0. The molecular formula is C46H27N5. The third-order valence-corrected chi connectivity index (χ3v) is 10.8. The lowest BCUT2D eigenvalue weighted by Gasteiger charge is -2.14. The summed E-state index contributed by atoms with van der Waals surface area (Å²) in [6, 6.07) is 58.9. The van der Waals surface area contributed by atoms with Crippen molar-refractivity contribution < 1.29 is 0 Å². The van der Waals surface area contributed by atoms with Crippen molar-refractivity contribution in [2.24, 2.45) is 0 Å². The SMILES string of the molecule is c1ccc2c(c1)cc(-n1c3ccccc3c3ccc(-c4ccc5nc6c7ccccc7c7ccccc7n6c5c4)cc31)n1c3ccccc3nc21. The zero-order chi connectivity index (χ0) is 33.2. The van der Waals surface area contributed by atoms with Crippen molar-refractivity contribution in [3.8, 4) is 16.9 Å².